The molecular formula is C16H15ClO3. The van der Waals surface area contributed by atoms with Crippen molar-refractivity contribution in [2.45, 2.75) is 18.9 Å². The van der Waals surface area contributed by atoms with Crippen LogP contribution in [0.4, 0.5) is 0 Å². The van der Waals surface area contributed by atoms with E-state index in [0.29, 0.717) is 10.8 Å². The summed E-state index contributed by atoms with van der Waals surface area (Å²) in [5, 5.41) is 10.6. The maximum atomic E-state index is 9.89. The van der Waals surface area contributed by atoms with Crippen molar-refractivity contribution in [2.24, 2.45) is 0 Å². The van der Waals surface area contributed by atoms with E-state index in [0.717, 1.165) is 16.9 Å². The second-order valence-corrected chi connectivity index (χ2v) is 5.38. The summed E-state index contributed by atoms with van der Waals surface area (Å²) in [7, 11) is 1.52. The van der Waals surface area contributed by atoms with E-state index in [9.17, 15) is 5.11 Å². The monoisotopic (exact) mass is 290 g/mol. The van der Waals surface area contributed by atoms with Crippen molar-refractivity contribution in [2.75, 3.05) is 7.11 Å². The van der Waals surface area contributed by atoms with E-state index in [1.54, 1.807) is 12.1 Å². The molecule has 1 aliphatic rings. The van der Waals surface area contributed by atoms with Crippen LogP contribution in [0.15, 0.2) is 36.4 Å². The van der Waals surface area contributed by atoms with Gasteiger partial charge in [0.2, 0.25) is 0 Å². The van der Waals surface area contributed by atoms with Crippen LogP contribution in [0, 0.1) is 0 Å². The number of fused-ring (bicyclic) bond motifs is 1. The number of halogens is 1. The molecule has 0 saturated heterocycles. The Hall–Kier alpha value is -1.87. The van der Waals surface area contributed by atoms with E-state index in [2.05, 4.69) is 6.92 Å². The lowest BCUT2D eigenvalue weighted by Crippen LogP contribution is -2.06. The van der Waals surface area contributed by atoms with Crippen LogP contribution in [0.5, 0.6) is 17.2 Å². The number of phenolic OH excluding ortho intramolecular Hbond substituents is 1. The van der Waals surface area contributed by atoms with Gasteiger partial charge >= 0.3 is 0 Å². The quantitative estimate of drug-likeness (QED) is 0.896. The number of methoxy groups -OCH3 is 1. The fourth-order valence-corrected chi connectivity index (χ4v) is 2.72. The molecule has 0 aliphatic carbocycles. The van der Waals surface area contributed by atoms with Crippen LogP contribution in [-0.2, 0) is 0 Å². The largest absolute Gasteiger partial charge is 0.504 e. The molecule has 20 heavy (non-hydrogen) atoms. The minimum Gasteiger partial charge on any atom is -0.504 e. The first kappa shape index (κ1) is 13.1. The van der Waals surface area contributed by atoms with E-state index < -0.39 is 0 Å². The molecule has 2 atom stereocenters. The molecule has 2 aromatic rings. The molecule has 0 bridgehead atoms. The minimum atomic E-state index is -0.0752. The van der Waals surface area contributed by atoms with E-state index in [1.807, 2.05) is 24.3 Å². The summed E-state index contributed by atoms with van der Waals surface area (Å²) in [4.78, 5) is 0. The van der Waals surface area contributed by atoms with E-state index >= 15 is 0 Å². The molecular weight excluding hydrogens is 276 g/mol. The fourth-order valence-electron chi connectivity index (χ4n) is 2.60. The Labute approximate surface area is 122 Å². The van der Waals surface area contributed by atoms with Gasteiger partial charge in [-0.3, -0.25) is 0 Å². The molecule has 0 unspecified atom stereocenters. The smallest absolute Gasteiger partial charge is 0.164 e. The highest BCUT2D eigenvalue weighted by Crippen LogP contribution is 2.49. The van der Waals surface area contributed by atoms with Gasteiger partial charge in [-0.05, 0) is 23.8 Å². The van der Waals surface area contributed by atoms with Gasteiger partial charge in [-0.1, -0.05) is 30.7 Å². The van der Waals surface area contributed by atoms with Gasteiger partial charge in [0.25, 0.3) is 0 Å². The zero-order valence-electron chi connectivity index (χ0n) is 11.3. The first-order valence-electron chi connectivity index (χ1n) is 6.43. The van der Waals surface area contributed by atoms with Gasteiger partial charge in [-0.25, -0.2) is 0 Å². The van der Waals surface area contributed by atoms with Crippen LogP contribution in [0.25, 0.3) is 0 Å². The third kappa shape index (κ3) is 2.08. The Morgan fingerprint density at radius 2 is 1.90 bits per heavy atom. The predicted molar refractivity (Wildman–Crippen MR) is 77.9 cm³/mol. The Bertz CT molecular complexity index is 637. The Kier molecular flexibility index (Phi) is 3.22. The standard InChI is InChI=1S/C16H15ClO3/c1-9-12-7-13(18)15(19-2)8-14(12)20-16(9)10-3-5-11(17)6-4-10/h3-9,16,18H,1-2H3/t9-,16+/m0/s1. The minimum absolute atomic E-state index is 0.0752. The van der Waals surface area contributed by atoms with Crippen molar-refractivity contribution in [3.8, 4) is 17.2 Å². The summed E-state index contributed by atoms with van der Waals surface area (Å²) in [5.74, 6) is 1.47. The number of hydrogen-bond acceptors (Lipinski definition) is 3. The van der Waals surface area contributed by atoms with E-state index in [1.165, 1.54) is 7.11 Å². The summed E-state index contributed by atoms with van der Waals surface area (Å²) in [6, 6.07) is 11.1. The molecule has 2 aromatic carbocycles. The predicted octanol–water partition coefficient (Wildman–Crippen LogP) is 4.29. The first-order chi connectivity index (χ1) is 9.60. The summed E-state index contributed by atoms with van der Waals surface area (Å²) in [6.45, 7) is 2.08. The van der Waals surface area contributed by atoms with Gasteiger partial charge < -0.3 is 14.6 Å². The van der Waals surface area contributed by atoms with Crippen LogP contribution < -0.4 is 9.47 Å². The van der Waals surface area contributed by atoms with Crippen molar-refractivity contribution < 1.29 is 14.6 Å². The summed E-state index contributed by atoms with van der Waals surface area (Å²) in [6.07, 6.45) is -0.0752. The lowest BCUT2D eigenvalue weighted by molar-refractivity contribution is 0.215. The van der Waals surface area contributed by atoms with Crippen LogP contribution in [-0.4, -0.2) is 12.2 Å². The second-order valence-electron chi connectivity index (χ2n) is 4.94. The molecule has 1 N–H and O–H groups in total. The lowest BCUT2D eigenvalue weighted by Gasteiger charge is -2.15. The number of phenols is 1. The molecule has 0 radical (unpaired) electrons. The highest BCUT2D eigenvalue weighted by atomic mass is 35.5. The Balaban J connectivity index is 1.97. The average Bonchev–Trinajstić information content (AvgIpc) is 2.76. The average molecular weight is 291 g/mol. The van der Waals surface area contributed by atoms with E-state index in [4.69, 9.17) is 21.1 Å². The molecule has 3 rings (SSSR count). The Morgan fingerprint density at radius 1 is 1.20 bits per heavy atom. The molecule has 0 spiro atoms. The molecule has 0 aromatic heterocycles. The summed E-state index contributed by atoms with van der Waals surface area (Å²) in [5.41, 5.74) is 2.06. The number of hydrogen-bond donors (Lipinski definition) is 1. The van der Waals surface area contributed by atoms with Crippen molar-refractivity contribution in [1.82, 2.24) is 0 Å². The molecule has 0 amide bonds. The number of aromatic hydroxyl groups is 1. The van der Waals surface area contributed by atoms with Gasteiger partial charge in [0.15, 0.2) is 11.5 Å². The van der Waals surface area contributed by atoms with E-state index in [-0.39, 0.29) is 17.8 Å². The molecule has 3 nitrogen and oxygen atoms in total. The molecule has 1 heterocycles. The Morgan fingerprint density at radius 3 is 2.55 bits per heavy atom. The van der Waals surface area contributed by atoms with Gasteiger partial charge in [0, 0.05) is 22.6 Å². The number of benzene rings is 2. The first-order valence-corrected chi connectivity index (χ1v) is 6.81. The molecule has 0 saturated carbocycles. The van der Waals surface area contributed by atoms with Crippen LogP contribution in [0.3, 0.4) is 0 Å². The number of rotatable bonds is 2. The SMILES string of the molecule is COc1cc2c(cc1O)[C@H](C)[C@H](c1ccc(Cl)cc1)O2. The van der Waals surface area contributed by atoms with Crippen molar-refractivity contribution >= 4 is 11.6 Å². The summed E-state index contributed by atoms with van der Waals surface area (Å²) >= 11 is 5.91. The van der Waals surface area contributed by atoms with Crippen molar-refractivity contribution in [1.29, 1.82) is 0 Å². The highest BCUT2D eigenvalue weighted by molar-refractivity contribution is 6.30. The van der Waals surface area contributed by atoms with Crippen LogP contribution in [0.1, 0.15) is 30.1 Å². The van der Waals surface area contributed by atoms with Gasteiger partial charge in [0.1, 0.15) is 11.9 Å². The zero-order valence-corrected chi connectivity index (χ0v) is 12.0. The van der Waals surface area contributed by atoms with Crippen molar-refractivity contribution in [3.63, 3.8) is 0 Å². The zero-order chi connectivity index (χ0) is 14.3. The lowest BCUT2D eigenvalue weighted by atomic mass is 9.93. The summed E-state index contributed by atoms with van der Waals surface area (Å²) < 4.78 is 11.1. The topological polar surface area (TPSA) is 38.7 Å². The highest BCUT2D eigenvalue weighted by Gasteiger charge is 2.33. The molecule has 0 fully saturated rings. The second kappa shape index (κ2) is 4.91. The molecule has 104 valence electrons. The molecule has 1 aliphatic heterocycles. The normalized spacial score (nSPS) is 20.4. The fraction of sp³-hybridized carbons (Fsp3) is 0.250. The number of ether oxygens (including phenoxy) is 2. The van der Waals surface area contributed by atoms with Gasteiger partial charge in [0.05, 0.1) is 7.11 Å². The molecule has 4 heteroatoms. The van der Waals surface area contributed by atoms with Crippen molar-refractivity contribution in [3.05, 3.63) is 52.5 Å². The van der Waals surface area contributed by atoms with Gasteiger partial charge in [-0.15, -0.1) is 0 Å². The third-order valence-corrected chi connectivity index (χ3v) is 3.96. The maximum Gasteiger partial charge on any atom is 0.164 e. The van der Waals surface area contributed by atoms with Crippen LogP contribution >= 0.6 is 11.6 Å². The van der Waals surface area contributed by atoms with Gasteiger partial charge in [-0.2, -0.15) is 0 Å². The van der Waals surface area contributed by atoms with Crippen LogP contribution in [0.2, 0.25) is 5.02 Å². The third-order valence-electron chi connectivity index (χ3n) is 3.71. The maximum absolute atomic E-state index is 9.89.